The van der Waals surface area contributed by atoms with Gasteiger partial charge in [-0.3, -0.25) is 14.9 Å². The van der Waals surface area contributed by atoms with E-state index in [0.717, 1.165) is 4.90 Å². The van der Waals surface area contributed by atoms with E-state index in [1.54, 1.807) is 43.3 Å². The van der Waals surface area contributed by atoms with Crippen LogP contribution in [0.25, 0.3) is 6.08 Å². The quantitative estimate of drug-likeness (QED) is 0.536. The Morgan fingerprint density at radius 1 is 0.903 bits per heavy atom. The van der Waals surface area contributed by atoms with Crippen LogP contribution in [-0.4, -0.2) is 45.8 Å². The van der Waals surface area contributed by atoms with Crippen LogP contribution in [0.3, 0.4) is 0 Å². The Morgan fingerprint density at radius 3 is 2.19 bits per heavy atom. The molecule has 9 nitrogen and oxygen atoms in total. The lowest BCUT2D eigenvalue weighted by Crippen LogP contribution is -2.54. The first-order chi connectivity index (χ1) is 14.9. The fourth-order valence-electron chi connectivity index (χ4n) is 3.12. The summed E-state index contributed by atoms with van der Waals surface area (Å²) in [4.78, 5) is 39.1. The molecule has 1 heterocycles. The highest BCUT2D eigenvalue weighted by molar-refractivity contribution is 6.39. The molecule has 1 aliphatic heterocycles. The highest BCUT2D eigenvalue weighted by atomic mass is 16.5. The number of rotatable bonds is 7. The van der Waals surface area contributed by atoms with Crippen LogP contribution >= 0.6 is 0 Å². The molecule has 2 aromatic rings. The molecule has 3 rings (SSSR count). The molecule has 0 atom stereocenters. The molecule has 162 valence electrons. The van der Waals surface area contributed by atoms with Crippen molar-refractivity contribution >= 4 is 29.6 Å². The molecule has 31 heavy (non-hydrogen) atoms. The fourth-order valence-corrected chi connectivity index (χ4v) is 3.12. The third kappa shape index (κ3) is 4.16. The number of imide groups is 2. The molecule has 1 N–H and O–H groups in total. The lowest BCUT2D eigenvalue weighted by Gasteiger charge is -2.27. The second-order valence-electron chi connectivity index (χ2n) is 6.31. The van der Waals surface area contributed by atoms with Gasteiger partial charge in [-0.05, 0) is 31.2 Å². The lowest BCUT2D eigenvalue weighted by atomic mass is 10.0. The molecule has 0 radical (unpaired) electrons. The molecule has 0 saturated carbocycles. The van der Waals surface area contributed by atoms with Crippen molar-refractivity contribution in [2.24, 2.45) is 0 Å². The van der Waals surface area contributed by atoms with Crippen molar-refractivity contribution in [3.63, 3.8) is 0 Å². The zero-order valence-electron chi connectivity index (χ0n) is 17.6. The molecule has 4 amide bonds. The summed E-state index contributed by atoms with van der Waals surface area (Å²) in [5.41, 5.74) is 0.368. The SMILES string of the molecule is CCOc1ccccc1N1C(=O)NC(=O)/C(=C/c2cc(OC)c(OC)cc2OC)C1=O. The largest absolute Gasteiger partial charge is 0.496 e. The number of hydrogen-bond acceptors (Lipinski definition) is 7. The van der Waals surface area contributed by atoms with Crippen LogP contribution in [0.2, 0.25) is 0 Å². The van der Waals surface area contributed by atoms with Gasteiger partial charge in [0.2, 0.25) is 0 Å². The van der Waals surface area contributed by atoms with E-state index in [2.05, 4.69) is 5.32 Å². The second-order valence-corrected chi connectivity index (χ2v) is 6.31. The van der Waals surface area contributed by atoms with Crippen LogP contribution in [0.15, 0.2) is 42.0 Å². The summed E-state index contributed by atoms with van der Waals surface area (Å²) in [6.07, 6.45) is 1.33. The van der Waals surface area contributed by atoms with Crippen molar-refractivity contribution < 1.29 is 33.3 Å². The number of carbonyl (C=O) groups is 3. The van der Waals surface area contributed by atoms with E-state index >= 15 is 0 Å². The summed E-state index contributed by atoms with van der Waals surface area (Å²) < 4.78 is 21.4. The molecular weight excluding hydrogens is 404 g/mol. The van der Waals surface area contributed by atoms with Crippen molar-refractivity contribution in [2.75, 3.05) is 32.8 Å². The van der Waals surface area contributed by atoms with E-state index in [1.807, 2.05) is 0 Å². The van der Waals surface area contributed by atoms with E-state index < -0.39 is 17.8 Å². The minimum absolute atomic E-state index is 0.226. The minimum atomic E-state index is -0.862. The lowest BCUT2D eigenvalue weighted by molar-refractivity contribution is -0.122. The van der Waals surface area contributed by atoms with Gasteiger partial charge in [-0.2, -0.15) is 0 Å². The fraction of sp³-hybridized carbons (Fsp3) is 0.227. The van der Waals surface area contributed by atoms with Gasteiger partial charge in [-0.1, -0.05) is 12.1 Å². The standard InChI is InChI=1S/C22H22N2O7/c1-5-31-16-9-7-6-8-15(16)24-21(26)14(20(25)23-22(24)27)10-13-11-18(29-3)19(30-4)12-17(13)28-2/h6-12H,5H2,1-4H3,(H,23,25,27)/b14-10-. The number of amides is 4. The van der Waals surface area contributed by atoms with Crippen molar-refractivity contribution in [3.8, 4) is 23.0 Å². The van der Waals surface area contributed by atoms with Crippen LogP contribution in [0.1, 0.15) is 12.5 Å². The third-order valence-corrected chi connectivity index (χ3v) is 4.54. The molecule has 0 aliphatic carbocycles. The van der Waals surface area contributed by atoms with Crippen LogP contribution in [0.5, 0.6) is 23.0 Å². The molecule has 1 aliphatic rings. The van der Waals surface area contributed by atoms with Gasteiger partial charge in [0.05, 0.1) is 33.6 Å². The zero-order chi connectivity index (χ0) is 22.5. The molecule has 0 bridgehead atoms. The average molecular weight is 426 g/mol. The maximum Gasteiger partial charge on any atom is 0.336 e. The van der Waals surface area contributed by atoms with Gasteiger partial charge >= 0.3 is 6.03 Å². The predicted molar refractivity (Wildman–Crippen MR) is 113 cm³/mol. The first kappa shape index (κ1) is 21.7. The second kappa shape index (κ2) is 9.21. The maximum atomic E-state index is 13.2. The summed E-state index contributed by atoms with van der Waals surface area (Å²) in [5.74, 6) is -0.124. The molecule has 1 saturated heterocycles. The van der Waals surface area contributed by atoms with Crippen LogP contribution in [-0.2, 0) is 9.59 Å². The topological polar surface area (TPSA) is 103 Å². The molecule has 0 unspecified atom stereocenters. The van der Waals surface area contributed by atoms with Crippen molar-refractivity contribution in [1.29, 1.82) is 0 Å². The molecule has 0 aromatic heterocycles. The number of urea groups is 1. The summed E-state index contributed by atoms with van der Waals surface area (Å²) >= 11 is 0. The number of nitrogens with one attached hydrogen (secondary N) is 1. The predicted octanol–water partition coefficient (Wildman–Crippen LogP) is 2.78. The summed E-state index contributed by atoms with van der Waals surface area (Å²) in [6.45, 7) is 2.12. The summed E-state index contributed by atoms with van der Waals surface area (Å²) in [7, 11) is 4.39. The van der Waals surface area contributed by atoms with Gasteiger partial charge in [-0.25, -0.2) is 9.69 Å². The van der Waals surface area contributed by atoms with Crippen molar-refractivity contribution in [3.05, 3.63) is 47.5 Å². The Kier molecular flexibility index (Phi) is 6.44. The Hall–Kier alpha value is -4.01. The van der Waals surface area contributed by atoms with Crippen molar-refractivity contribution in [2.45, 2.75) is 6.92 Å². The van der Waals surface area contributed by atoms with Crippen molar-refractivity contribution in [1.82, 2.24) is 5.32 Å². The van der Waals surface area contributed by atoms with E-state index in [4.69, 9.17) is 18.9 Å². The number of hydrogen-bond donors (Lipinski definition) is 1. The maximum absolute atomic E-state index is 13.2. The molecule has 9 heteroatoms. The van der Waals surface area contributed by atoms with Gasteiger partial charge in [-0.15, -0.1) is 0 Å². The molecule has 2 aromatic carbocycles. The molecule has 1 fully saturated rings. The first-order valence-electron chi connectivity index (χ1n) is 9.38. The molecule has 0 spiro atoms. The van der Waals surface area contributed by atoms with Gasteiger partial charge in [0, 0.05) is 11.6 Å². The minimum Gasteiger partial charge on any atom is -0.496 e. The highest BCUT2D eigenvalue weighted by Crippen LogP contribution is 2.37. The molecular formula is C22H22N2O7. The highest BCUT2D eigenvalue weighted by Gasteiger charge is 2.38. The number of anilines is 1. The van der Waals surface area contributed by atoms with Gasteiger partial charge in [0.1, 0.15) is 17.1 Å². The summed E-state index contributed by atoms with van der Waals surface area (Å²) in [6, 6.07) is 8.86. The number of para-hydroxylation sites is 2. The van der Waals surface area contributed by atoms with E-state index in [1.165, 1.54) is 27.4 Å². The van der Waals surface area contributed by atoms with E-state index in [9.17, 15) is 14.4 Å². The number of carbonyl (C=O) groups excluding carboxylic acids is 3. The monoisotopic (exact) mass is 426 g/mol. The number of methoxy groups -OCH3 is 3. The first-order valence-corrected chi connectivity index (χ1v) is 9.38. The Labute approximate surface area is 179 Å². The average Bonchev–Trinajstić information content (AvgIpc) is 2.77. The normalized spacial score (nSPS) is 15.0. The smallest absolute Gasteiger partial charge is 0.336 e. The van der Waals surface area contributed by atoms with Gasteiger partial charge in [0.15, 0.2) is 11.5 Å². The Bertz CT molecular complexity index is 1060. The van der Waals surface area contributed by atoms with Crippen LogP contribution in [0.4, 0.5) is 10.5 Å². The zero-order valence-corrected chi connectivity index (χ0v) is 17.6. The van der Waals surface area contributed by atoms with Crippen LogP contribution < -0.4 is 29.2 Å². The number of ether oxygens (including phenoxy) is 4. The summed E-state index contributed by atoms with van der Waals surface area (Å²) in [5, 5.41) is 2.19. The Morgan fingerprint density at radius 2 is 1.55 bits per heavy atom. The van der Waals surface area contributed by atoms with E-state index in [0.29, 0.717) is 35.2 Å². The third-order valence-electron chi connectivity index (χ3n) is 4.54. The van der Waals surface area contributed by atoms with Crippen LogP contribution in [0, 0.1) is 0 Å². The number of barbiturate groups is 1. The van der Waals surface area contributed by atoms with E-state index in [-0.39, 0.29) is 11.3 Å². The van der Waals surface area contributed by atoms with Gasteiger partial charge < -0.3 is 18.9 Å². The van der Waals surface area contributed by atoms with Gasteiger partial charge in [0.25, 0.3) is 11.8 Å². The Balaban J connectivity index is 2.10. The number of nitrogens with zero attached hydrogens (tertiary/aromatic N) is 1. The number of benzene rings is 2.